The maximum atomic E-state index is 13.1. The van der Waals surface area contributed by atoms with Crippen LogP contribution in [0.1, 0.15) is 21.5 Å². The molecule has 1 amide bonds. The van der Waals surface area contributed by atoms with E-state index in [1.807, 2.05) is 35.2 Å². The van der Waals surface area contributed by atoms with Gasteiger partial charge < -0.3 is 24.1 Å². The number of amides is 1. The van der Waals surface area contributed by atoms with Gasteiger partial charge in [0.2, 0.25) is 0 Å². The van der Waals surface area contributed by atoms with Gasteiger partial charge in [-0.3, -0.25) is 4.79 Å². The standard InChI is InChI=1S/C21H22N2O4/c1-25-15-4-5-16-17(11-22-18(16)10-15)21(24)23-7-6-13-8-19(26-2)20(27-3)9-14(13)12-23/h4-5,8-11,22H,6-7,12H2,1-3H3. The number of hydrogen-bond donors (Lipinski definition) is 1. The van der Waals surface area contributed by atoms with Gasteiger partial charge in [-0.15, -0.1) is 0 Å². The van der Waals surface area contributed by atoms with Crippen LogP contribution in [0.25, 0.3) is 10.9 Å². The van der Waals surface area contributed by atoms with Crippen molar-refractivity contribution in [1.82, 2.24) is 9.88 Å². The molecule has 0 saturated heterocycles. The van der Waals surface area contributed by atoms with E-state index in [9.17, 15) is 4.79 Å². The molecular weight excluding hydrogens is 344 g/mol. The lowest BCUT2D eigenvalue weighted by molar-refractivity contribution is 0.0736. The molecule has 1 aromatic heterocycles. The van der Waals surface area contributed by atoms with E-state index in [-0.39, 0.29) is 5.91 Å². The van der Waals surface area contributed by atoms with Gasteiger partial charge in [0, 0.05) is 36.3 Å². The van der Waals surface area contributed by atoms with Crippen molar-refractivity contribution < 1.29 is 19.0 Å². The summed E-state index contributed by atoms with van der Waals surface area (Å²) >= 11 is 0. The molecule has 0 atom stereocenters. The van der Waals surface area contributed by atoms with E-state index in [2.05, 4.69) is 4.98 Å². The molecule has 0 saturated carbocycles. The molecular formula is C21H22N2O4. The first-order chi connectivity index (χ1) is 13.1. The van der Waals surface area contributed by atoms with Crippen LogP contribution in [0.3, 0.4) is 0 Å². The summed E-state index contributed by atoms with van der Waals surface area (Å²) in [7, 11) is 4.88. The molecule has 2 heterocycles. The van der Waals surface area contributed by atoms with Crippen LogP contribution in [0.5, 0.6) is 17.2 Å². The van der Waals surface area contributed by atoms with Crippen LogP contribution < -0.4 is 14.2 Å². The Hall–Kier alpha value is -3.15. The summed E-state index contributed by atoms with van der Waals surface area (Å²) in [5, 5.41) is 0.902. The third-order valence-corrected chi connectivity index (χ3v) is 5.12. The molecule has 0 unspecified atom stereocenters. The van der Waals surface area contributed by atoms with Crippen molar-refractivity contribution in [3.05, 3.63) is 53.2 Å². The summed E-state index contributed by atoms with van der Waals surface area (Å²) in [4.78, 5) is 18.2. The van der Waals surface area contributed by atoms with E-state index in [0.29, 0.717) is 24.4 Å². The fraction of sp³-hybridized carbons (Fsp3) is 0.286. The first kappa shape index (κ1) is 17.3. The first-order valence-corrected chi connectivity index (χ1v) is 8.82. The van der Waals surface area contributed by atoms with Crippen LogP contribution >= 0.6 is 0 Å². The van der Waals surface area contributed by atoms with E-state index in [0.717, 1.165) is 34.4 Å². The third-order valence-electron chi connectivity index (χ3n) is 5.12. The number of carbonyl (C=O) groups excluding carboxylic acids is 1. The highest BCUT2D eigenvalue weighted by Gasteiger charge is 2.25. The Bertz CT molecular complexity index is 1010. The Morgan fingerprint density at radius 2 is 1.74 bits per heavy atom. The van der Waals surface area contributed by atoms with Gasteiger partial charge in [-0.25, -0.2) is 0 Å². The van der Waals surface area contributed by atoms with Gasteiger partial charge in [0.05, 0.1) is 26.9 Å². The van der Waals surface area contributed by atoms with Gasteiger partial charge in [-0.1, -0.05) is 0 Å². The highest BCUT2D eigenvalue weighted by Crippen LogP contribution is 2.34. The summed E-state index contributed by atoms with van der Waals surface area (Å²) in [5.41, 5.74) is 3.85. The number of rotatable bonds is 4. The molecule has 4 rings (SSSR count). The summed E-state index contributed by atoms with van der Waals surface area (Å²) in [6.07, 6.45) is 2.56. The molecule has 0 radical (unpaired) electrons. The second-order valence-corrected chi connectivity index (χ2v) is 6.57. The number of aromatic amines is 1. The number of ether oxygens (including phenoxy) is 3. The lowest BCUT2D eigenvalue weighted by atomic mass is 9.98. The fourth-order valence-corrected chi connectivity index (χ4v) is 3.64. The van der Waals surface area contributed by atoms with Gasteiger partial charge >= 0.3 is 0 Å². The zero-order chi connectivity index (χ0) is 19.0. The van der Waals surface area contributed by atoms with Crippen molar-refractivity contribution in [2.45, 2.75) is 13.0 Å². The minimum atomic E-state index is 0.0202. The summed E-state index contributed by atoms with van der Waals surface area (Å²) in [6, 6.07) is 9.66. The molecule has 6 heteroatoms. The largest absolute Gasteiger partial charge is 0.497 e. The number of H-pyrrole nitrogens is 1. The fourth-order valence-electron chi connectivity index (χ4n) is 3.64. The maximum absolute atomic E-state index is 13.1. The zero-order valence-electron chi connectivity index (χ0n) is 15.7. The molecule has 0 aliphatic carbocycles. The Morgan fingerprint density at radius 1 is 1.00 bits per heavy atom. The normalized spacial score (nSPS) is 13.4. The smallest absolute Gasteiger partial charge is 0.256 e. The number of nitrogens with zero attached hydrogens (tertiary/aromatic N) is 1. The average molecular weight is 366 g/mol. The number of methoxy groups -OCH3 is 3. The molecule has 3 aromatic rings. The first-order valence-electron chi connectivity index (χ1n) is 8.82. The van der Waals surface area contributed by atoms with E-state index in [1.54, 1.807) is 27.5 Å². The Balaban J connectivity index is 1.63. The number of fused-ring (bicyclic) bond motifs is 2. The molecule has 27 heavy (non-hydrogen) atoms. The van der Waals surface area contributed by atoms with Crippen LogP contribution in [0.4, 0.5) is 0 Å². The van der Waals surface area contributed by atoms with Crippen molar-refractivity contribution in [3.63, 3.8) is 0 Å². The minimum Gasteiger partial charge on any atom is -0.497 e. The van der Waals surface area contributed by atoms with Crippen molar-refractivity contribution in [2.75, 3.05) is 27.9 Å². The van der Waals surface area contributed by atoms with Crippen molar-refractivity contribution in [3.8, 4) is 17.2 Å². The quantitative estimate of drug-likeness (QED) is 0.769. The van der Waals surface area contributed by atoms with Crippen molar-refractivity contribution in [2.24, 2.45) is 0 Å². The lowest BCUT2D eigenvalue weighted by Crippen LogP contribution is -2.35. The predicted octanol–water partition coefficient (Wildman–Crippen LogP) is 3.39. The van der Waals surface area contributed by atoms with E-state index < -0.39 is 0 Å². The van der Waals surface area contributed by atoms with Crippen LogP contribution in [-0.4, -0.2) is 43.7 Å². The highest BCUT2D eigenvalue weighted by molar-refractivity contribution is 6.07. The van der Waals surface area contributed by atoms with Crippen LogP contribution in [0.2, 0.25) is 0 Å². The lowest BCUT2D eigenvalue weighted by Gasteiger charge is -2.29. The number of carbonyl (C=O) groups is 1. The second-order valence-electron chi connectivity index (χ2n) is 6.57. The highest BCUT2D eigenvalue weighted by atomic mass is 16.5. The summed E-state index contributed by atoms with van der Waals surface area (Å²) in [5.74, 6) is 2.19. The Kier molecular flexibility index (Phi) is 4.39. The number of benzene rings is 2. The predicted molar refractivity (Wildman–Crippen MR) is 103 cm³/mol. The van der Waals surface area contributed by atoms with Crippen molar-refractivity contribution >= 4 is 16.8 Å². The molecule has 1 N–H and O–H groups in total. The maximum Gasteiger partial charge on any atom is 0.256 e. The van der Waals surface area contributed by atoms with E-state index in [4.69, 9.17) is 14.2 Å². The number of nitrogens with one attached hydrogen (secondary N) is 1. The molecule has 0 bridgehead atoms. The van der Waals surface area contributed by atoms with Crippen LogP contribution in [-0.2, 0) is 13.0 Å². The van der Waals surface area contributed by atoms with E-state index >= 15 is 0 Å². The molecule has 140 valence electrons. The van der Waals surface area contributed by atoms with E-state index in [1.165, 1.54) is 5.56 Å². The van der Waals surface area contributed by atoms with Gasteiger partial charge in [0.15, 0.2) is 11.5 Å². The molecule has 0 fully saturated rings. The number of aromatic nitrogens is 1. The second kappa shape index (κ2) is 6.87. The molecule has 6 nitrogen and oxygen atoms in total. The third kappa shape index (κ3) is 2.97. The summed E-state index contributed by atoms with van der Waals surface area (Å²) in [6.45, 7) is 1.22. The Labute approximate surface area is 157 Å². The molecule has 2 aromatic carbocycles. The SMILES string of the molecule is COc1ccc2c(C(=O)N3CCc4cc(OC)c(OC)cc4C3)c[nH]c2c1. The van der Waals surface area contributed by atoms with Gasteiger partial charge in [-0.05, 0) is 41.8 Å². The van der Waals surface area contributed by atoms with Gasteiger partial charge in [-0.2, -0.15) is 0 Å². The van der Waals surface area contributed by atoms with Crippen molar-refractivity contribution in [1.29, 1.82) is 0 Å². The van der Waals surface area contributed by atoms with Gasteiger partial charge in [0.1, 0.15) is 5.75 Å². The minimum absolute atomic E-state index is 0.0202. The number of hydrogen-bond acceptors (Lipinski definition) is 4. The van der Waals surface area contributed by atoms with Crippen LogP contribution in [0, 0.1) is 0 Å². The van der Waals surface area contributed by atoms with Crippen LogP contribution in [0.15, 0.2) is 36.5 Å². The Morgan fingerprint density at radius 3 is 2.44 bits per heavy atom. The average Bonchev–Trinajstić information content (AvgIpc) is 3.14. The topological polar surface area (TPSA) is 63.8 Å². The molecule has 1 aliphatic heterocycles. The molecule has 0 spiro atoms. The summed E-state index contributed by atoms with van der Waals surface area (Å²) < 4.78 is 16.0. The molecule has 1 aliphatic rings. The van der Waals surface area contributed by atoms with Gasteiger partial charge in [0.25, 0.3) is 5.91 Å². The zero-order valence-corrected chi connectivity index (χ0v) is 15.7. The monoisotopic (exact) mass is 366 g/mol.